The normalized spacial score (nSPS) is 10.3. The van der Waals surface area contributed by atoms with Crippen molar-refractivity contribution >= 4 is 17.6 Å². The molecule has 18 heavy (non-hydrogen) atoms. The Morgan fingerprint density at radius 2 is 2.17 bits per heavy atom. The van der Waals surface area contributed by atoms with Crippen LogP contribution in [-0.2, 0) is 0 Å². The molecule has 0 bridgehead atoms. The highest BCUT2D eigenvalue weighted by Gasteiger charge is 2.15. The first-order chi connectivity index (χ1) is 8.49. The van der Waals surface area contributed by atoms with Crippen molar-refractivity contribution in [2.75, 3.05) is 0 Å². The van der Waals surface area contributed by atoms with Gasteiger partial charge < -0.3 is 5.11 Å². The van der Waals surface area contributed by atoms with Gasteiger partial charge in [0.05, 0.1) is 5.69 Å². The van der Waals surface area contributed by atoms with Gasteiger partial charge in [0, 0.05) is 16.1 Å². The Hall–Kier alpha value is -2.14. The van der Waals surface area contributed by atoms with E-state index >= 15 is 0 Å². The van der Waals surface area contributed by atoms with Crippen molar-refractivity contribution in [3.8, 4) is 11.3 Å². The molecule has 1 aromatic carbocycles. The lowest BCUT2D eigenvalue weighted by Gasteiger charge is -2.07. The smallest absolute Gasteiger partial charge is 0.352 e. The molecule has 0 fully saturated rings. The number of aromatic amines is 1. The molecule has 0 aliphatic rings. The number of nitrogens with one attached hydrogen (secondary N) is 1. The monoisotopic (exact) mass is 264 g/mol. The van der Waals surface area contributed by atoms with E-state index in [9.17, 15) is 9.59 Å². The summed E-state index contributed by atoms with van der Waals surface area (Å²) < 4.78 is 0. The van der Waals surface area contributed by atoms with Gasteiger partial charge in [-0.1, -0.05) is 23.7 Å². The van der Waals surface area contributed by atoms with E-state index in [1.807, 2.05) is 0 Å². The number of hydrogen-bond acceptors (Lipinski definition) is 3. The van der Waals surface area contributed by atoms with E-state index in [4.69, 9.17) is 16.7 Å². The number of aromatic nitrogens is 2. The molecule has 1 aromatic heterocycles. The van der Waals surface area contributed by atoms with Gasteiger partial charge >= 0.3 is 11.7 Å². The fourth-order valence-electron chi connectivity index (χ4n) is 1.66. The first-order valence-corrected chi connectivity index (χ1v) is 5.47. The third-order valence-electron chi connectivity index (χ3n) is 2.49. The molecule has 0 atom stereocenters. The van der Waals surface area contributed by atoms with Crippen LogP contribution in [-0.4, -0.2) is 21.0 Å². The number of H-pyrrole nitrogens is 1. The summed E-state index contributed by atoms with van der Waals surface area (Å²) in [6, 6.07) is 6.74. The van der Waals surface area contributed by atoms with Crippen LogP contribution in [0.1, 0.15) is 16.1 Å². The molecule has 92 valence electrons. The van der Waals surface area contributed by atoms with Crippen LogP contribution in [0.5, 0.6) is 0 Å². The Morgan fingerprint density at radius 3 is 2.78 bits per heavy atom. The van der Waals surface area contributed by atoms with Gasteiger partial charge in [-0.05, 0) is 19.1 Å². The number of nitrogens with zero attached hydrogens (tertiary/aromatic N) is 1. The number of carboxylic acids is 1. The van der Waals surface area contributed by atoms with Gasteiger partial charge in [-0.2, -0.15) is 4.98 Å². The van der Waals surface area contributed by atoms with Crippen molar-refractivity contribution < 1.29 is 9.90 Å². The van der Waals surface area contributed by atoms with Crippen LogP contribution in [0, 0.1) is 6.92 Å². The third kappa shape index (κ3) is 2.26. The molecule has 0 unspecified atom stereocenters. The van der Waals surface area contributed by atoms with E-state index in [2.05, 4.69) is 9.97 Å². The van der Waals surface area contributed by atoms with E-state index in [0.717, 1.165) is 0 Å². The first-order valence-electron chi connectivity index (χ1n) is 5.09. The van der Waals surface area contributed by atoms with Gasteiger partial charge in [0.2, 0.25) is 0 Å². The van der Waals surface area contributed by atoms with Gasteiger partial charge in [-0.25, -0.2) is 9.59 Å². The number of benzene rings is 1. The standard InChI is InChI=1S/C12H9ClN2O3/c1-6-9(7-3-2-4-8(13)5-7)14-12(18)15-10(6)11(16)17/h2-5H,1H3,(H,16,17)(H,14,15,18). The fourth-order valence-corrected chi connectivity index (χ4v) is 1.85. The molecule has 1 heterocycles. The molecule has 0 spiro atoms. The van der Waals surface area contributed by atoms with Crippen LogP contribution in [0.3, 0.4) is 0 Å². The molecule has 0 aliphatic heterocycles. The summed E-state index contributed by atoms with van der Waals surface area (Å²) in [7, 11) is 0. The predicted octanol–water partition coefficient (Wildman–Crippen LogP) is 2.10. The minimum Gasteiger partial charge on any atom is -0.477 e. The van der Waals surface area contributed by atoms with Crippen LogP contribution >= 0.6 is 11.6 Å². The van der Waals surface area contributed by atoms with Crippen molar-refractivity contribution in [3.63, 3.8) is 0 Å². The maximum absolute atomic E-state index is 11.4. The Kier molecular flexibility index (Phi) is 3.16. The summed E-state index contributed by atoms with van der Waals surface area (Å²) in [5.41, 5.74) is 0.453. The molecular weight excluding hydrogens is 256 g/mol. The average Bonchev–Trinajstić information content (AvgIpc) is 2.31. The number of aromatic carboxylic acids is 1. The summed E-state index contributed by atoms with van der Waals surface area (Å²) in [5, 5.41) is 9.48. The topological polar surface area (TPSA) is 83.0 Å². The van der Waals surface area contributed by atoms with Gasteiger partial charge in [0.1, 0.15) is 5.69 Å². The van der Waals surface area contributed by atoms with E-state index in [1.54, 1.807) is 31.2 Å². The van der Waals surface area contributed by atoms with E-state index in [1.165, 1.54) is 0 Å². The summed E-state index contributed by atoms with van der Waals surface area (Å²) in [4.78, 5) is 28.4. The van der Waals surface area contributed by atoms with Crippen LogP contribution in [0.15, 0.2) is 29.1 Å². The van der Waals surface area contributed by atoms with Gasteiger partial charge in [-0.3, -0.25) is 4.98 Å². The quantitative estimate of drug-likeness (QED) is 0.870. The van der Waals surface area contributed by atoms with Gasteiger partial charge in [-0.15, -0.1) is 0 Å². The molecule has 0 radical (unpaired) electrons. The zero-order valence-corrected chi connectivity index (χ0v) is 10.2. The molecule has 0 aliphatic carbocycles. The molecule has 2 rings (SSSR count). The average molecular weight is 265 g/mol. The van der Waals surface area contributed by atoms with Crippen LogP contribution in [0.2, 0.25) is 5.02 Å². The highest BCUT2D eigenvalue weighted by atomic mass is 35.5. The number of carboxylic acid groups (broad SMARTS) is 1. The maximum atomic E-state index is 11.4. The largest absolute Gasteiger partial charge is 0.477 e. The minimum atomic E-state index is -1.20. The second kappa shape index (κ2) is 4.62. The van der Waals surface area contributed by atoms with Crippen LogP contribution in [0.4, 0.5) is 0 Å². The molecule has 2 aromatic rings. The third-order valence-corrected chi connectivity index (χ3v) is 2.72. The predicted molar refractivity (Wildman–Crippen MR) is 67.0 cm³/mol. The van der Waals surface area contributed by atoms with Crippen molar-refractivity contribution in [1.29, 1.82) is 0 Å². The maximum Gasteiger partial charge on any atom is 0.352 e. The molecule has 2 N–H and O–H groups in total. The van der Waals surface area contributed by atoms with Crippen molar-refractivity contribution in [3.05, 3.63) is 51.0 Å². The van der Waals surface area contributed by atoms with Gasteiger partial charge in [0.25, 0.3) is 0 Å². The number of hydrogen-bond donors (Lipinski definition) is 2. The van der Waals surface area contributed by atoms with Crippen molar-refractivity contribution in [2.45, 2.75) is 6.92 Å². The lowest BCUT2D eigenvalue weighted by atomic mass is 10.1. The molecule has 0 saturated carbocycles. The van der Waals surface area contributed by atoms with E-state index < -0.39 is 11.7 Å². The summed E-state index contributed by atoms with van der Waals surface area (Å²) >= 11 is 5.86. The second-order valence-electron chi connectivity index (χ2n) is 3.71. The summed E-state index contributed by atoms with van der Waals surface area (Å²) in [6.45, 7) is 1.59. The van der Waals surface area contributed by atoms with Crippen LogP contribution in [0.25, 0.3) is 11.3 Å². The van der Waals surface area contributed by atoms with Gasteiger partial charge in [0.15, 0.2) is 0 Å². The zero-order chi connectivity index (χ0) is 13.3. The Balaban J connectivity index is 2.72. The number of rotatable bonds is 2. The lowest BCUT2D eigenvalue weighted by molar-refractivity contribution is 0.0689. The minimum absolute atomic E-state index is 0.162. The Labute approximate surface area is 107 Å². The second-order valence-corrected chi connectivity index (χ2v) is 4.14. The molecule has 6 heteroatoms. The molecule has 0 amide bonds. The lowest BCUT2D eigenvalue weighted by Crippen LogP contribution is -2.19. The highest BCUT2D eigenvalue weighted by molar-refractivity contribution is 6.30. The molecular formula is C12H9ClN2O3. The van der Waals surface area contributed by atoms with E-state index in [0.29, 0.717) is 21.8 Å². The molecule has 0 saturated heterocycles. The highest BCUT2D eigenvalue weighted by Crippen LogP contribution is 2.23. The zero-order valence-electron chi connectivity index (χ0n) is 9.40. The van der Waals surface area contributed by atoms with Crippen molar-refractivity contribution in [2.24, 2.45) is 0 Å². The first kappa shape index (κ1) is 12.3. The fraction of sp³-hybridized carbons (Fsp3) is 0.0833. The number of halogens is 1. The summed E-state index contributed by atoms with van der Waals surface area (Å²) in [5.74, 6) is -1.20. The number of carbonyl (C=O) groups is 1. The SMILES string of the molecule is Cc1c(-c2cccc(Cl)c2)nc(=O)[nH]c1C(=O)O. The van der Waals surface area contributed by atoms with E-state index in [-0.39, 0.29) is 5.69 Å². The van der Waals surface area contributed by atoms with Crippen LogP contribution < -0.4 is 5.69 Å². The van der Waals surface area contributed by atoms with Crippen molar-refractivity contribution in [1.82, 2.24) is 9.97 Å². The molecule has 5 nitrogen and oxygen atoms in total. The Morgan fingerprint density at radius 1 is 1.44 bits per heavy atom. The Bertz CT molecular complexity index is 679. The summed E-state index contributed by atoms with van der Waals surface area (Å²) in [6.07, 6.45) is 0.